The van der Waals surface area contributed by atoms with E-state index in [2.05, 4.69) is 41.0 Å². The largest absolute Gasteiger partial charge is 0.369 e. The highest BCUT2D eigenvalue weighted by atomic mass is 15.3. The van der Waals surface area contributed by atoms with Gasteiger partial charge in [-0.25, -0.2) is 0 Å². The molecule has 0 spiro atoms. The first kappa shape index (κ1) is 13.4. The molecule has 1 saturated carbocycles. The highest BCUT2D eigenvalue weighted by molar-refractivity contribution is 5.54. The molecule has 1 aliphatic heterocycles. The van der Waals surface area contributed by atoms with E-state index in [9.17, 15) is 0 Å². The predicted molar refractivity (Wildman–Crippen MR) is 81.6 cm³/mol. The van der Waals surface area contributed by atoms with Crippen molar-refractivity contribution in [1.82, 2.24) is 9.97 Å². The number of hydrogen-bond donors (Lipinski definition) is 3. The van der Waals surface area contributed by atoms with Gasteiger partial charge in [0.25, 0.3) is 0 Å². The summed E-state index contributed by atoms with van der Waals surface area (Å²) < 4.78 is 0. The van der Waals surface area contributed by atoms with E-state index in [1.54, 1.807) is 0 Å². The minimum Gasteiger partial charge on any atom is -0.369 e. The average molecular weight is 276 g/mol. The fourth-order valence-corrected chi connectivity index (χ4v) is 2.82. The molecule has 6 heteroatoms. The van der Waals surface area contributed by atoms with Crippen LogP contribution in [-0.2, 0) is 0 Å². The Labute approximate surface area is 119 Å². The molecule has 3 atom stereocenters. The zero-order valence-electron chi connectivity index (χ0n) is 12.4. The molecule has 0 amide bonds. The fraction of sp³-hybridized carbons (Fsp3) is 0.714. The highest BCUT2D eigenvalue weighted by Gasteiger charge is 2.53. The lowest BCUT2D eigenvalue weighted by molar-refractivity contribution is 0.442. The summed E-state index contributed by atoms with van der Waals surface area (Å²) in [5.74, 6) is 3.30. The molecule has 1 aromatic rings. The average Bonchev–Trinajstić information content (AvgIpc) is 2.78. The minimum atomic E-state index is 0.196. The Morgan fingerprint density at radius 3 is 2.55 bits per heavy atom. The topological polar surface area (TPSA) is 93.1 Å². The quantitative estimate of drug-likeness (QED) is 0.760. The van der Waals surface area contributed by atoms with Crippen molar-refractivity contribution in [2.75, 3.05) is 35.6 Å². The van der Waals surface area contributed by atoms with Crippen molar-refractivity contribution < 1.29 is 0 Å². The van der Waals surface area contributed by atoms with Crippen LogP contribution >= 0.6 is 0 Å². The van der Waals surface area contributed by atoms with Crippen LogP contribution in [0.15, 0.2) is 6.07 Å². The van der Waals surface area contributed by atoms with Crippen LogP contribution in [0.2, 0.25) is 0 Å². The first-order valence-corrected chi connectivity index (χ1v) is 7.22. The van der Waals surface area contributed by atoms with Gasteiger partial charge >= 0.3 is 0 Å². The van der Waals surface area contributed by atoms with Gasteiger partial charge in [0, 0.05) is 31.7 Å². The van der Waals surface area contributed by atoms with E-state index in [1.165, 1.54) is 0 Å². The van der Waals surface area contributed by atoms with Crippen molar-refractivity contribution in [2.24, 2.45) is 23.0 Å². The summed E-state index contributed by atoms with van der Waals surface area (Å²) in [6, 6.07) is 2.38. The second-order valence-electron chi connectivity index (χ2n) is 7.19. The molecule has 0 aromatic carbocycles. The molecule has 1 aliphatic carbocycles. The van der Waals surface area contributed by atoms with Gasteiger partial charge in [0.05, 0.1) is 0 Å². The summed E-state index contributed by atoms with van der Waals surface area (Å²) in [6.07, 6.45) is 0. The predicted octanol–water partition coefficient (Wildman–Crippen LogP) is 0.910. The molecule has 6 nitrogen and oxygen atoms in total. The van der Waals surface area contributed by atoms with Crippen molar-refractivity contribution in [3.63, 3.8) is 0 Å². The van der Waals surface area contributed by atoms with Gasteiger partial charge < -0.3 is 21.7 Å². The number of nitrogen functional groups attached to an aromatic ring is 1. The lowest BCUT2D eigenvalue weighted by Crippen LogP contribution is -2.29. The van der Waals surface area contributed by atoms with E-state index in [0.29, 0.717) is 23.8 Å². The van der Waals surface area contributed by atoms with Crippen molar-refractivity contribution >= 4 is 17.6 Å². The Morgan fingerprint density at radius 1 is 1.30 bits per heavy atom. The Morgan fingerprint density at radius 2 is 1.95 bits per heavy atom. The number of hydrogen-bond acceptors (Lipinski definition) is 6. The molecule has 2 aliphatic rings. The van der Waals surface area contributed by atoms with Crippen LogP contribution in [0.1, 0.15) is 20.8 Å². The van der Waals surface area contributed by atoms with Gasteiger partial charge in [-0.3, -0.25) is 0 Å². The highest BCUT2D eigenvalue weighted by Crippen LogP contribution is 2.45. The van der Waals surface area contributed by atoms with Crippen molar-refractivity contribution in [1.29, 1.82) is 0 Å². The SMILES string of the molecule is CC(C)(C)CNc1cc(N2CC3C(N)[C@H]3C2)nc(N)n1. The molecule has 2 fully saturated rings. The summed E-state index contributed by atoms with van der Waals surface area (Å²) in [7, 11) is 0. The maximum atomic E-state index is 5.97. The number of piperidine rings is 1. The second-order valence-corrected chi connectivity index (χ2v) is 7.19. The van der Waals surface area contributed by atoms with Crippen LogP contribution in [-0.4, -0.2) is 35.6 Å². The van der Waals surface area contributed by atoms with E-state index in [1.807, 2.05) is 6.07 Å². The molecular weight excluding hydrogens is 252 g/mol. The first-order valence-electron chi connectivity index (χ1n) is 7.22. The van der Waals surface area contributed by atoms with Crippen LogP contribution in [0, 0.1) is 17.3 Å². The number of fused-ring (bicyclic) bond motifs is 1. The van der Waals surface area contributed by atoms with Crippen LogP contribution in [0.3, 0.4) is 0 Å². The van der Waals surface area contributed by atoms with Crippen molar-refractivity contribution in [3.05, 3.63) is 6.07 Å². The molecule has 110 valence electrons. The number of nitrogens with two attached hydrogens (primary N) is 2. The summed E-state index contributed by atoms with van der Waals surface area (Å²) >= 11 is 0. The second kappa shape index (κ2) is 4.48. The molecule has 3 rings (SSSR count). The number of nitrogens with one attached hydrogen (secondary N) is 1. The minimum absolute atomic E-state index is 0.196. The van der Waals surface area contributed by atoms with Crippen molar-refractivity contribution in [3.8, 4) is 0 Å². The lowest BCUT2D eigenvalue weighted by Gasteiger charge is -2.22. The van der Waals surface area contributed by atoms with Gasteiger partial charge in [0.2, 0.25) is 5.95 Å². The Balaban J connectivity index is 1.71. The summed E-state index contributed by atoms with van der Waals surface area (Å²) in [5, 5.41) is 3.34. The molecule has 5 N–H and O–H groups in total. The van der Waals surface area contributed by atoms with Gasteiger partial charge in [0.15, 0.2) is 0 Å². The smallest absolute Gasteiger partial charge is 0.223 e. The van der Waals surface area contributed by atoms with Gasteiger partial charge in [-0.15, -0.1) is 0 Å². The number of nitrogens with zero attached hydrogens (tertiary/aromatic N) is 3. The first-order chi connectivity index (χ1) is 9.33. The molecule has 20 heavy (non-hydrogen) atoms. The third-order valence-corrected chi connectivity index (χ3v) is 4.11. The van der Waals surface area contributed by atoms with E-state index in [0.717, 1.165) is 31.3 Å². The Hall–Kier alpha value is -1.56. The van der Waals surface area contributed by atoms with Crippen LogP contribution in [0.4, 0.5) is 17.6 Å². The zero-order chi connectivity index (χ0) is 14.5. The fourth-order valence-electron chi connectivity index (χ4n) is 2.82. The van der Waals surface area contributed by atoms with Crippen LogP contribution < -0.4 is 21.7 Å². The number of anilines is 3. The summed E-state index contributed by atoms with van der Waals surface area (Å²) in [5.41, 5.74) is 12.0. The van der Waals surface area contributed by atoms with Crippen LogP contribution in [0.5, 0.6) is 0 Å². The zero-order valence-corrected chi connectivity index (χ0v) is 12.4. The molecular formula is C14H24N6. The maximum absolute atomic E-state index is 5.97. The van der Waals surface area contributed by atoms with Crippen molar-refractivity contribution in [2.45, 2.75) is 26.8 Å². The monoisotopic (exact) mass is 276 g/mol. The normalized spacial score (nSPS) is 28.4. The van der Waals surface area contributed by atoms with Gasteiger partial charge in [-0.1, -0.05) is 20.8 Å². The standard InChI is InChI=1S/C14H24N6/c1-14(2,3)7-17-10-4-11(19-13(16)18-10)20-5-8-9(6-20)12(8)15/h4,8-9,12H,5-7,15H2,1-3H3,(H3,16,17,18,19)/t8-,9?,12?/m0/s1. The van der Waals surface area contributed by atoms with Gasteiger partial charge in [-0.2, -0.15) is 9.97 Å². The Kier molecular flexibility index (Phi) is 3.01. The third-order valence-electron chi connectivity index (χ3n) is 4.11. The molecule has 0 bridgehead atoms. The molecule has 1 saturated heterocycles. The van der Waals surface area contributed by atoms with E-state index < -0.39 is 0 Å². The van der Waals surface area contributed by atoms with E-state index >= 15 is 0 Å². The van der Waals surface area contributed by atoms with E-state index in [4.69, 9.17) is 11.5 Å². The van der Waals surface area contributed by atoms with Gasteiger partial charge in [-0.05, 0) is 17.3 Å². The summed E-state index contributed by atoms with van der Waals surface area (Å²) in [6.45, 7) is 9.36. The van der Waals surface area contributed by atoms with Gasteiger partial charge in [0.1, 0.15) is 11.6 Å². The molecule has 0 radical (unpaired) electrons. The summed E-state index contributed by atoms with van der Waals surface area (Å²) in [4.78, 5) is 10.9. The third kappa shape index (κ3) is 2.65. The maximum Gasteiger partial charge on any atom is 0.223 e. The lowest BCUT2D eigenvalue weighted by atomic mass is 9.97. The molecule has 1 aromatic heterocycles. The number of rotatable bonds is 3. The molecule has 2 unspecified atom stereocenters. The van der Waals surface area contributed by atoms with E-state index in [-0.39, 0.29) is 5.41 Å². The Bertz CT molecular complexity index is 497. The molecule has 2 heterocycles. The number of aromatic nitrogens is 2. The van der Waals surface area contributed by atoms with Crippen LogP contribution in [0.25, 0.3) is 0 Å².